The number of benzene rings is 2. The Labute approximate surface area is 504 Å². The molecule has 2 aromatic carbocycles. The Balaban J connectivity index is 1.22. The van der Waals surface area contributed by atoms with Crippen molar-refractivity contribution in [2.45, 2.75) is 160 Å². The van der Waals surface area contributed by atoms with Gasteiger partial charge in [-0.25, -0.2) is 4.98 Å². The maximum Gasteiger partial charge on any atom is 0.245 e. The number of nitrogens with zero attached hydrogens (tertiary/aromatic N) is 3. The Morgan fingerprint density at radius 2 is 1.28 bits per heavy atom. The first-order valence-electron chi connectivity index (χ1n) is 29.5. The summed E-state index contributed by atoms with van der Waals surface area (Å²) in [6, 6.07) is 1.58. The number of aromatic nitrogens is 3. The van der Waals surface area contributed by atoms with Gasteiger partial charge in [0.05, 0.1) is 12.9 Å². The van der Waals surface area contributed by atoms with E-state index in [1.807, 2.05) is 19.9 Å². The van der Waals surface area contributed by atoms with Gasteiger partial charge in [0.1, 0.15) is 60.1 Å². The molecule has 1 unspecified atom stereocenters. The zero-order valence-corrected chi connectivity index (χ0v) is 49.8. The number of phenols is 1. The van der Waals surface area contributed by atoms with Crippen molar-refractivity contribution in [1.82, 2.24) is 67.7 Å². The number of hydrogen-bond donors (Lipinski definition) is 15. The third kappa shape index (κ3) is 20.0. The molecule has 0 saturated carbocycles. The fourth-order valence-corrected chi connectivity index (χ4v) is 10.5. The summed E-state index contributed by atoms with van der Waals surface area (Å²) in [5, 5.41) is 45.9. The number of guanidine groups is 1. The number of hydrogen-bond acceptors (Lipinski definition) is 14. The molecule has 4 aromatic rings. The highest BCUT2D eigenvalue weighted by Crippen LogP contribution is 2.22. The Morgan fingerprint density at radius 3 is 1.85 bits per heavy atom. The maximum atomic E-state index is 14.7. The fourth-order valence-electron chi connectivity index (χ4n) is 10.5. The van der Waals surface area contributed by atoms with Gasteiger partial charge in [-0.15, -0.1) is 0 Å². The van der Waals surface area contributed by atoms with Crippen molar-refractivity contribution < 1.29 is 58.2 Å². The zero-order chi connectivity index (χ0) is 63.3. The Hall–Kier alpha value is -9.08. The number of phenolic OH excluding ortho intramolecular Hbond substituents is 1. The van der Waals surface area contributed by atoms with Crippen LogP contribution in [-0.2, 0) is 67.2 Å². The molecule has 6 rings (SSSR count). The van der Waals surface area contributed by atoms with Crippen LogP contribution in [0.2, 0.25) is 0 Å². The molecule has 472 valence electrons. The third-order valence-electron chi connectivity index (χ3n) is 14.9. The van der Waals surface area contributed by atoms with Crippen LogP contribution in [0.4, 0.5) is 0 Å². The molecular weight excluding hydrogens is 1120 g/mol. The molecule has 2 saturated heterocycles. The lowest BCUT2D eigenvalue weighted by Crippen LogP contribution is -2.61. The van der Waals surface area contributed by atoms with E-state index >= 15 is 0 Å². The van der Waals surface area contributed by atoms with E-state index in [2.05, 4.69) is 67.8 Å². The highest BCUT2D eigenvalue weighted by molar-refractivity contribution is 5.99. The van der Waals surface area contributed by atoms with Crippen molar-refractivity contribution in [3.05, 3.63) is 84.1 Å². The molecular formula is C59H84N16O12. The molecule has 0 spiro atoms. The van der Waals surface area contributed by atoms with E-state index in [1.54, 1.807) is 45.2 Å². The predicted molar refractivity (Wildman–Crippen MR) is 320 cm³/mol. The van der Waals surface area contributed by atoms with Crippen LogP contribution in [0.1, 0.15) is 103 Å². The van der Waals surface area contributed by atoms with E-state index < -0.39 is 108 Å². The van der Waals surface area contributed by atoms with Crippen LogP contribution in [0.25, 0.3) is 10.9 Å². The topological polar surface area (TPSA) is 432 Å². The molecule has 4 heterocycles. The van der Waals surface area contributed by atoms with Crippen molar-refractivity contribution in [3.63, 3.8) is 0 Å². The minimum absolute atomic E-state index is 0.0397. The number of aliphatic hydroxyl groups is 1. The fraction of sp³-hybridized carbons (Fsp3) is 0.525. The number of H-pyrrole nitrogens is 2. The smallest absolute Gasteiger partial charge is 0.245 e. The number of imidazole rings is 1. The average molecular weight is 1210 g/mol. The van der Waals surface area contributed by atoms with Gasteiger partial charge in [0.2, 0.25) is 59.1 Å². The highest BCUT2D eigenvalue weighted by atomic mass is 16.3. The van der Waals surface area contributed by atoms with Gasteiger partial charge in [0, 0.05) is 74.3 Å². The van der Waals surface area contributed by atoms with E-state index in [-0.39, 0.29) is 106 Å². The largest absolute Gasteiger partial charge is 0.508 e. The first-order chi connectivity index (χ1) is 41.5. The molecule has 10 amide bonds. The molecule has 0 bridgehead atoms. The van der Waals surface area contributed by atoms with Gasteiger partial charge in [-0.05, 0) is 93.0 Å². The van der Waals surface area contributed by atoms with Gasteiger partial charge < -0.3 is 84.4 Å². The molecule has 9 atom stereocenters. The maximum absolute atomic E-state index is 14.7. The number of likely N-dealkylation sites (tertiary alicyclic amines) is 1. The summed E-state index contributed by atoms with van der Waals surface area (Å²) in [5.74, 6) is -7.55. The molecule has 28 heteroatoms. The summed E-state index contributed by atoms with van der Waals surface area (Å²) < 4.78 is 0. The molecule has 2 aliphatic heterocycles. The van der Waals surface area contributed by atoms with Crippen LogP contribution < -0.4 is 59.3 Å². The lowest BCUT2D eigenvalue weighted by atomic mass is 9.98. The summed E-state index contributed by atoms with van der Waals surface area (Å²) in [5.41, 5.74) is 13.3. The predicted octanol–water partition coefficient (Wildman–Crippen LogP) is -1.44. The number of rotatable bonds is 32. The number of nitrogens with two attached hydrogens (primary N) is 2. The van der Waals surface area contributed by atoms with Crippen molar-refractivity contribution in [3.8, 4) is 5.75 Å². The minimum Gasteiger partial charge on any atom is -0.508 e. The first-order valence-corrected chi connectivity index (χ1v) is 29.5. The van der Waals surface area contributed by atoms with E-state index in [1.165, 1.54) is 41.7 Å². The van der Waals surface area contributed by atoms with E-state index in [0.29, 0.717) is 41.6 Å². The van der Waals surface area contributed by atoms with Gasteiger partial charge in [-0.3, -0.25) is 52.9 Å². The van der Waals surface area contributed by atoms with Crippen LogP contribution in [0.3, 0.4) is 0 Å². The van der Waals surface area contributed by atoms with E-state index in [0.717, 1.165) is 5.52 Å². The second kappa shape index (κ2) is 32.4. The number of nitrogens with one attached hydrogen (secondary N) is 11. The molecule has 87 heavy (non-hydrogen) atoms. The quantitative estimate of drug-likeness (QED) is 0.0151. The number of carbonyl (C=O) groups is 10. The third-order valence-corrected chi connectivity index (χ3v) is 14.9. The average Bonchev–Trinajstić information content (AvgIpc) is 2.39. The van der Waals surface area contributed by atoms with Crippen molar-refractivity contribution in [2.24, 2.45) is 28.3 Å². The molecule has 2 aliphatic rings. The summed E-state index contributed by atoms with van der Waals surface area (Å²) in [4.78, 5) is 155. The van der Waals surface area contributed by atoms with Crippen LogP contribution in [0, 0.1) is 11.8 Å². The van der Waals surface area contributed by atoms with Crippen molar-refractivity contribution >= 4 is 75.9 Å². The number of aromatic amines is 2. The van der Waals surface area contributed by atoms with Crippen LogP contribution in [0.15, 0.2) is 72.2 Å². The first kappa shape index (κ1) is 67.1. The summed E-state index contributed by atoms with van der Waals surface area (Å²) in [6.07, 6.45) is 5.80. The number of likely N-dealkylation sites (N-methyl/N-ethyl adjacent to an activating group) is 1. The second-order valence-electron chi connectivity index (χ2n) is 22.8. The van der Waals surface area contributed by atoms with E-state index in [4.69, 9.17) is 11.5 Å². The number of aliphatic hydroxyl groups excluding tert-OH is 1. The van der Waals surface area contributed by atoms with Crippen LogP contribution in [0.5, 0.6) is 5.75 Å². The summed E-state index contributed by atoms with van der Waals surface area (Å²) in [7, 11) is 0. The van der Waals surface area contributed by atoms with Gasteiger partial charge in [-0.2, -0.15) is 0 Å². The molecule has 2 fully saturated rings. The standard InChI is InChI=1S/C59H84N16O12/c1-6-63-57(86)48-14-10-22-75(48)58(87)41(13-9-21-64-59(60)61)68-51(80)42(23-32(2)3)69-52(81)43(24-33(4)5)70-53(82)44(25-34-15-17-37(77)18-16-34)71-56(85)47(30-76)74-54(83)45(26-35-28-65-39-12-8-7-11-38(35)39)72-55(84)46(27-36-29-62-31-66-36)73-50(79)40-19-20-49(78)67-40/h7-8,11-12,15-18,28-29,31-33,40-48,65,76-77H,6,9-10,13-14,19-27,30H2,1-5H3,(H,62,66)(H,63,86)(H,67,78)(H,68,80)(H,69,81)(H,70,82)(H,71,85)(H,72,84)(H,73,79)(H,74,83)(H4,60,61,64)/t40-,41-,42-,43+,44-,45?,46-,47-,48-/m0/s1. The molecule has 2 aromatic heterocycles. The van der Waals surface area contributed by atoms with Gasteiger partial charge >= 0.3 is 0 Å². The monoisotopic (exact) mass is 1210 g/mol. The van der Waals surface area contributed by atoms with E-state index in [9.17, 15) is 58.2 Å². The zero-order valence-electron chi connectivity index (χ0n) is 49.8. The number of amides is 10. The lowest BCUT2D eigenvalue weighted by Gasteiger charge is -2.31. The highest BCUT2D eigenvalue weighted by Gasteiger charge is 2.40. The van der Waals surface area contributed by atoms with Gasteiger partial charge in [-0.1, -0.05) is 58.0 Å². The van der Waals surface area contributed by atoms with Crippen molar-refractivity contribution in [2.75, 3.05) is 26.2 Å². The number of fused-ring (bicyclic) bond motifs is 1. The number of carbonyl (C=O) groups excluding carboxylic acids is 10. The number of aromatic hydroxyl groups is 1. The van der Waals surface area contributed by atoms with Crippen LogP contribution >= 0.6 is 0 Å². The van der Waals surface area contributed by atoms with Crippen molar-refractivity contribution in [1.29, 1.82) is 0 Å². The SMILES string of the molecule is CCNC(=O)[C@@H]1CCCN1C(=O)[C@H](CCCN=C(N)N)NC(=O)[C@H](CC(C)C)NC(=O)[C@@H](CC(C)C)NC(=O)[C@H](Cc1ccc(O)cc1)NC(=O)[C@H](CO)NC(=O)C(Cc1c[nH]c2ccccc12)NC(=O)[C@H](Cc1cnc[nH]1)NC(=O)[C@@H]1CCC(=O)N1. The molecule has 0 radical (unpaired) electrons. The minimum atomic E-state index is -1.75. The second-order valence-corrected chi connectivity index (χ2v) is 22.8. The Bertz CT molecular complexity index is 3050. The molecule has 17 N–H and O–H groups in total. The normalized spacial score (nSPS) is 17.1. The Morgan fingerprint density at radius 1 is 0.701 bits per heavy atom. The summed E-state index contributed by atoms with van der Waals surface area (Å²) in [6.45, 7) is 8.82. The summed E-state index contributed by atoms with van der Waals surface area (Å²) >= 11 is 0. The molecule has 28 nitrogen and oxygen atoms in total. The van der Waals surface area contributed by atoms with Gasteiger partial charge in [0.15, 0.2) is 5.96 Å². The Kier molecular flexibility index (Phi) is 25.0. The van der Waals surface area contributed by atoms with Crippen LogP contribution in [-0.4, -0.2) is 176 Å². The number of para-hydroxylation sites is 1. The lowest BCUT2D eigenvalue weighted by molar-refractivity contribution is -0.142. The number of aliphatic imine (C=N–C) groups is 1. The van der Waals surface area contributed by atoms with Gasteiger partial charge in [0.25, 0.3) is 0 Å². The molecule has 0 aliphatic carbocycles.